The predicted molar refractivity (Wildman–Crippen MR) is 85.1 cm³/mol. The van der Waals surface area contributed by atoms with E-state index in [0.717, 1.165) is 0 Å². The smallest absolute Gasteiger partial charge is 0.267 e. The highest BCUT2D eigenvalue weighted by atomic mass is 32.1. The van der Waals surface area contributed by atoms with E-state index >= 15 is 0 Å². The number of hydrogen-bond acceptors (Lipinski definition) is 4. The van der Waals surface area contributed by atoms with E-state index in [1.54, 1.807) is 23.5 Å². The van der Waals surface area contributed by atoms with Crippen LogP contribution in [0.4, 0.5) is 5.69 Å². The number of thiophene rings is 1. The Labute approximate surface area is 132 Å². The van der Waals surface area contributed by atoms with E-state index < -0.39 is 6.10 Å². The van der Waals surface area contributed by atoms with Gasteiger partial charge in [-0.25, -0.2) is 0 Å². The van der Waals surface area contributed by atoms with Gasteiger partial charge in [-0.2, -0.15) is 0 Å². The highest BCUT2D eigenvalue weighted by Crippen LogP contribution is 2.28. The molecule has 2 heterocycles. The Morgan fingerprint density at radius 3 is 2.95 bits per heavy atom. The maximum absolute atomic E-state index is 11.9. The molecule has 5 nitrogen and oxygen atoms in total. The lowest BCUT2D eigenvalue weighted by Crippen LogP contribution is -2.45. The van der Waals surface area contributed by atoms with Crippen LogP contribution < -0.4 is 15.4 Å². The van der Waals surface area contributed by atoms with Crippen LogP contribution >= 0.6 is 11.3 Å². The lowest BCUT2D eigenvalue weighted by molar-refractivity contribution is -0.125. The lowest BCUT2D eigenvalue weighted by atomic mass is 10.2. The number of benzene rings is 1. The zero-order valence-corrected chi connectivity index (χ0v) is 12.7. The minimum absolute atomic E-state index is 0.0799. The molecule has 1 unspecified atom stereocenters. The minimum Gasteiger partial charge on any atom is -0.477 e. The summed E-state index contributed by atoms with van der Waals surface area (Å²) in [5.74, 6) is 0.306. The number of anilines is 1. The fraction of sp³-hybridized carbons (Fsp3) is 0.250. The Kier molecular flexibility index (Phi) is 4.39. The predicted octanol–water partition coefficient (Wildman–Crippen LogP) is 2.20. The molecule has 114 valence electrons. The van der Waals surface area contributed by atoms with Crippen LogP contribution in [0.1, 0.15) is 11.3 Å². The third-order valence-corrected chi connectivity index (χ3v) is 4.31. The van der Waals surface area contributed by atoms with Crippen molar-refractivity contribution in [2.24, 2.45) is 0 Å². The van der Waals surface area contributed by atoms with Crippen LogP contribution in [0.2, 0.25) is 0 Å². The highest BCUT2D eigenvalue weighted by molar-refractivity contribution is 7.09. The van der Waals surface area contributed by atoms with Crippen molar-refractivity contribution in [1.82, 2.24) is 5.32 Å². The highest BCUT2D eigenvalue weighted by Gasteiger charge is 2.27. The van der Waals surface area contributed by atoms with Crippen molar-refractivity contribution in [2.75, 3.05) is 11.9 Å². The number of aryl methyl sites for hydroxylation is 1. The molecule has 0 bridgehead atoms. The first-order valence-electron chi connectivity index (χ1n) is 7.08. The normalized spacial score (nSPS) is 16.4. The monoisotopic (exact) mass is 316 g/mol. The average Bonchev–Trinajstić information content (AvgIpc) is 3.04. The van der Waals surface area contributed by atoms with E-state index in [0.29, 0.717) is 24.3 Å². The summed E-state index contributed by atoms with van der Waals surface area (Å²) in [6, 6.07) is 11.2. The molecule has 0 radical (unpaired) electrons. The summed E-state index contributed by atoms with van der Waals surface area (Å²) in [5.41, 5.74) is 0.660. The second-order valence-electron chi connectivity index (χ2n) is 4.98. The van der Waals surface area contributed by atoms with Crippen molar-refractivity contribution in [1.29, 1.82) is 0 Å². The number of fused-ring (bicyclic) bond motifs is 1. The minimum atomic E-state index is -0.694. The summed E-state index contributed by atoms with van der Waals surface area (Å²) in [4.78, 5) is 24.9. The quantitative estimate of drug-likeness (QED) is 0.888. The molecule has 1 aliphatic heterocycles. The van der Waals surface area contributed by atoms with Crippen molar-refractivity contribution in [3.05, 3.63) is 46.7 Å². The summed E-state index contributed by atoms with van der Waals surface area (Å²) in [6.45, 7) is 0.170. The molecule has 6 heteroatoms. The molecule has 1 aromatic heterocycles. The molecule has 2 N–H and O–H groups in total. The molecule has 22 heavy (non-hydrogen) atoms. The van der Waals surface area contributed by atoms with Gasteiger partial charge in [-0.05, 0) is 30.0 Å². The molecule has 0 saturated carbocycles. The van der Waals surface area contributed by atoms with Gasteiger partial charge in [0.25, 0.3) is 5.91 Å². The fourth-order valence-electron chi connectivity index (χ4n) is 2.21. The largest absolute Gasteiger partial charge is 0.477 e. The molecule has 0 saturated heterocycles. The third-order valence-electron chi connectivity index (χ3n) is 3.37. The molecular formula is C16H16N2O3S. The van der Waals surface area contributed by atoms with Gasteiger partial charge in [-0.15, -0.1) is 11.3 Å². The Bertz CT molecular complexity index is 670. The zero-order chi connectivity index (χ0) is 15.4. The van der Waals surface area contributed by atoms with Crippen LogP contribution in [-0.2, 0) is 16.0 Å². The first kappa shape index (κ1) is 14.6. The van der Waals surface area contributed by atoms with E-state index in [9.17, 15) is 9.59 Å². The Morgan fingerprint density at radius 1 is 1.27 bits per heavy atom. The molecule has 2 amide bonds. The number of rotatable bonds is 5. The maximum atomic E-state index is 11.9. The topological polar surface area (TPSA) is 67.4 Å². The SMILES string of the molecule is O=C(CCc1cccs1)NCC1Oc2ccccc2NC1=O. The van der Waals surface area contributed by atoms with E-state index in [1.165, 1.54) is 4.88 Å². The Morgan fingerprint density at radius 2 is 2.14 bits per heavy atom. The van der Waals surface area contributed by atoms with Gasteiger partial charge in [0.05, 0.1) is 12.2 Å². The van der Waals surface area contributed by atoms with Gasteiger partial charge in [-0.3, -0.25) is 9.59 Å². The molecular weight excluding hydrogens is 300 g/mol. The van der Waals surface area contributed by atoms with Crippen LogP contribution in [0.15, 0.2) is 41.8 Å². The zero-order valence-electron chi connectivity index (χ0n) is 11.9. The second kappa shape index (κ2) is 6.62. The van der Waals surface area contributed by atoms with Crippen molar-refractivity contribution in [3.63, 3.8) is 0 Å². The molecule has 3 rings (SSSR count). The number of ether oxygens (including phenoxy) is 1. The molecule has 0 fully saturated rings. The Balaban J connectivity index is 1.49. The van der Waals surface area contributed by atoms with E-state index in [2.05, 4.69) is 10.6 Å². The fourth-order valence-corrected chi connectivity index (χ4v) is 2.92. The van der Waals surface area contributed by atoms with Crippen molar-refractivity contribution < 1.29 is 14.3 Å². The molecule has 0 aliphatic carbocycles. The van der Waals surface area contributed by atoms with E-state index in [1.807, 2.05) is 29.6 Å². The first-order chi connectivity index (χ1) is 10.7. The lowest BCUT2D eigenvalue weighted by Gasteiger charge is -2.25. The van der Waals surface area contributed by atoms with Crippen LogP contribution in [0.25, 0.3) is 0 Å². The van der Waals surface area contributed by atoms with Gasteiger partial charge in [0.2, 0.25) is 5.91 Å². The van der Waals surface area contributed by atoms with Crippen molar-refractivity contribution >= 4 is 28.8 Å². The summed E-state index contributed by atoms with van der Waals surface area (Å²) >= 11 is 1.63. The van der Waals surface area contributed by atoms with Gasteiger partial charge in [0.15, 0.2) is 6.10 Å². The summed E-state index contributed by atoms with van der Waals surface area (Å²) in [7, 11) is 0. The van der Waals surface area contributed by atoms with Crippen LogP contribution in [0.5, 0.6) is 5.75 Å². The summed E-state index contributed by atoms with van der Waals surface area (Å²) < 4.78 is 5.62. The standard InChI is InChI=1S/C16H16N2O3S/c19-15(8-7-11-4-3-9-22-11)17-10-14-16(20)18-12-5-1-2-6-13(12)21-14/h1-6,9,14H,7-8,10H2,(H,17,19)(H,18,20). The van der Waals surface area contributed by atoms with Gasteiger partial charge in [0.1, 0.15) is 5.75 Å². The molecule has 2 aromatic rings. The number of amides is 2. The van der Waals surface area contributed by atoms with Crippen molar-refractivity contribution in [2.45, 2.75) is 18.9 Å². The second-order valence-corrected chi connectivity index (χ2v) is 6.01. The summed E-state index contributed by atoms with van der Waals surface area (Å²) in [5, 5.41) is 7.52. The van der Waals surface area contributed by atoms with E-state index in [4.69, 9.17) is 4.74 Å². The maximum Gasteiger partial charge on any atom is 0.267 e. The number of nitrogens with one attached hydrogen (secondary N) is 2. The van der Waals surface area contributed by atoms with Gasteiger partial charge >= 0.3 is 0 Å². The van der Waals surface area contributed by atoms with Crippen LogP contribution in [0, 0.1) is 0 Å². The molecule has 1 atom stereocenters. The molecule has 1 aliphatic rings. The average molecular weight is 316 g/mol. The van der Waals surface area contributed by atoms with E-state index in [-0.39, 0.29) is 18.4 Å². The van der Waals surface area contributed by atoms with Gasteiger partial charge < -0.3 is 15.4 Å². The summed E-state index contributed by atoms with van der Waals surface area (Å²) in [6.07, 6.45) is 0.427. The number of para-hydroxylation sites is 2. The number of carbonyl (C=O) groups is 2. The number of hydrogen-bond donors (Lipinski definition) is 2. The Hall–Kier alpha value is -2.34. The third kappa shape index (κ3) is 3.46. The van der Waals surface area contributed by atoms with Crippen molar-refractivity contribution in [3.8, 4) is 5.75 Å². The van der Waals surface area contributed by atoms with Crippen LogP contribution in [-0.4, -0.2) is 24.5 Å². The van der Waals surface area contributed by atoms with Crippen LogP contribution in [0.3, 0.4) is 0 Å². The molecule has 0 spiro atoms. The molecule has 1 aromatic carbocycles. The van der Waals surface area contributed by atoms with Gasteiger partial charge in [0, 0.05) is 11.3 Å². The van der Waals surface area contributed by atoms with Gasteiger partial charge in [-0.1, -0.05) is 18.2 Å². The first-order valence-corrected chi connectivity index (χ1v) is 7.96. The number of carbonyl (C=O) groups excluding carboxylic acids is 2.